The van der Waals surface area contributed by atoms with E-state index in [-0.39, 0.29) is 0 Å². The summed E-state index contributed by atoms with van der Waals surface area (Å²) in [7, 11) is 0. The van der Waals surface area contributed by atoms with E-state index in [4.69, 9.17) is 28.3 Å². The summed E-state index contributed by atoms with van der Waals surface area (Å²) in [4.78, 5) is 9.39. The van der Waals surface area contributed by atoms with Gasteiger partial charge in [-0.3, -0.25) is 4.79 Å². The van der Waals surface area contributed by atoms with Crippen LogP contribution >= 0.6 is 23.2 Å². The maximum Gasteiger partial charge on any atom is 0.253 e. The van der Waals surface area contributed by atoms with Gasteiger partial charge in [0.05, 0.1) is 12.6 Å². The molecule has 0 saturated carbocycles. The molecule has 0 rings (SSSR count). The fraction of sp³-hybridized carbons (Fsp3) is 0.800. The molecule has 0 aromatic carbocycles. The van der Waals surface area contributed by atoms with Crippen molar-refractivity contribution < 1.29 is 14.3 Å². The summed E-state index contributed by atoms with van der Waals surface area (Å²) in [6, 6.07) is -0.914. The van der Waals surface area contributed by atoms with Gasteiger partial charge >= 0.3 is 0 Å². The fourth-order valence-electron chi connectivity index (χ4n) is 0.397. The lowest BCUT2D eigenvalue weighted by Gasteiger charge is -2.11. The molecular weight excluding hydrogens is 196 g/mol. The minimum Gasteiger partial charge on any atom is -0.394 e. The molecule has 1 unspecified atom stereocenters. The van der Waals surface area contributed by atoms with Crippen molar-refractivity contribution in [3.05, 3.63) is 0 Å². The summed E-state index contributed by atoms with van der Waals surface area (Å²) in [5.41, 5.74) is 0. The van der Waals surface area contributed by atoms with E-state index in [1.165, 1.54) is 0 Å². The highest BCUT2D eigenvalue weighted by molar-refractivity contribution is 6.53. The minimum atomic E-state index is -1.23. The number of aliphatic hydroxyl groups excluding tert-OH is 1. The molecule has 0 aliphatic rings. The summed E-state index contributed by atoms with van der Waals surface area (Å²) in [6.07, 6.45) is 0. The highest BCUT2D eigenvalue weighted by atomic mass is 35.5. The van der Waals surface area contributed by atoms with Gasteiger partial charge in [-0.15, -0.1) is 0 Å². The van der Waals surface area contributed by atoms with E-state index in [0.717, 1.165) is 0 Å². The number of rotatable bonds is 4. The number of carbonyl (C=O) groups excluding carboxylic acids is 1. The number of nitrogens with one attached hydrogen (secondary N) is 1. The molecule has 0 aliphatic carbocycles. The first kappa shape index (κ1) is 10.9. The summed E-state index contributed by atoms with van der Waals surface area (Å²) < 4.78 is 11.8. The molecule has 0 aliphatic heterocycles. The van der Waals surface area contributed by atoms with Crippen LogP contribution in [0, 0.1) is 0 Å². The first-order valence-corrected chi connectivity index (χ1v) is 3.74. The first-order chi connectivity index (χ1) is 5.11. The number of hydrogen-bond donors (Lipinski definition) is 2. The van der Waals surface area contributed by atoms with Gasteiger partial charge in [-0.1, -0.05) is 23.2 Å². The van der Waals surface area contributed by atoms with Crippen LogP contribution in [0.15, 0.2) is 0 Å². The molecule has 3 nitrogen and oxygen atoms in total. The van der Waals surface area contributed by atoms with Gasteiger partial charge in [-0.2, -0.15) is 0 Å². The maximum absolute atomic E-state index is 11.8. The van der Waals surface area contributed by atoms with E-state index >= 15 is 0 Å². The van der Waals surface area contributed by atoms with Crippen LogP contribution in [0.3, 0.4) is 0 Å². The Morgan fingerprint density at radius 3 is 2.45 bits per heavy atom. The van der Waals surface area contributed by atoms with Crippen molar-refractivity contribution in [1.29, 1.82) is 0 Å². The maximum atomic E-state index is 11.8. The van der Waals surface area contributed by atoms with Crippen molar-refractivity contribution in [2.24, 2.45) is 0 Å². The number of hydrogen-bond acceptors (Lipinski definition) is 2. The molecule has 66 valence electrons. The second-order valence-corrected chi connectivity index (χ2v) is 2.94. The minimum absolute atomic E-state index is 0.470. The third-order valence-corrected chi connectivity index (χ3v) is 1.35. The van der Waals surface area contributed by atoms with Gasteiger partial charge in [0.25, 0.3) is 5.91 Å². The highest BCUT2D eigenvalue weighted by Gasteiger charge is 2.15. The predicted octanol–water partition coefficient (Wildman–Crippen LogP) is 0.237. The second kappa shape index (κ2) is 5.57. The van der Waals surface area contributed by atoms with Crippen molar-refractivity contribution in [2.45, 2.75) is 10.9 Å². The van der Waals surface area contributed by atoms with Gasteiger partial charge in [0.15, 0.2) is 4.84 Å². The average molecular weight is 204 g/mol. The van der Waals surface area contributed by atoms with Gasteiger partial charge < -0.3 is 10.4 Å². The summed E-state index contributed by atoms with van der Waals surface area (Å²) in [5, 5.41) is 10.5. The number of carbonyl (C=O) groups is 1. The van der Waals surface area contributed by atoms with E-state index in [9.17, 15) is 9.18 Å². The van der Waals surface area contributed by atoms with Crippen LogP contribution < -0.4 is 5.32 Å². The molecule has 0 fully saturated rings. The Hall–Kier alpha value is -0.0600. The van der Waals surface area contributed by atoms with E-state index in [2.05, 4.69) is 5.32 Å². The molecular formula is C5H8Cl2FNO2. The Labute approximate surface area is 73.5 Å². The van der Waals surface area contributed by atoms with Crippen LogP contribution in [0.4, 0.5) is 4.39 Å². The Morgan fingerprint density at radius 1 is 1.64 bits per heavy atom. The van der Waals surface area contributed by atoms with Gasteiger partial charge in [0.1, 0.15) is 6.67 Å². The molecule has 0 bridgehead atoms. The molecule has 6 heteroatoms. The van der Waals surface area contributed by atoms with Crippen LogP contribution in [0.1, 0.15) is 0 Å². The van der Waals surface area contributed by atoms with Gasteiger partial charge in [-0.05, 0) is 0 Å². The smallest absolute Gasteiger partial charge is 0.253 e. The molecule has 0 heterocycles. The van der Waals surface area contributed by atoms with Crippen LogP contribution in [0.25, 0.3) is 0 Å². The second-order valence-electron chi connectivity index (χ2n) is 1.84. The Kier molecular flexibility index (Phi) is 5.54. The molecule has 1 atom stereocenters. The molecule has 0 spiro atoms. The molecule has 2 N–H and O–H groups in total. The predicted molar refractivity (Wildman–Crippen MR) is 40.5 cm³/mol. The van der Waals surface area contributed by atoms with Crippen molar-refractivity contribution in [2.75, 3.05) is 13.3 Å². The summed E-state index contributed by atoms with van der Waals surface area (Å²) >= 11 is 10.3. The Bertz CT molecular complexity index is 130. The van der Waals surface area contributed by atoms with Crippen LogP contribution in [0.2, 0.25) is 0 Å². The zero-order chi connectivity index (χ0) is 8.85. The SMILES string of the molecule is O=C(NC(CO)CF)C(Cl)Cl. The molecule has 0 aromatic heterocycles. The van der Waals surface area contributed by atoms with Gasteiger partial charge in [-0.25, -0.2) is 4.39 Å². The van der Waals surface area contributed by atoms with Crippen LogP contribution in [-0.2, 0) is 4.79 Å². The molecule has 0 radical (unpaired) electrons. The quantitative estimate of drug-likeness (QED) is 0.644. The standard InChI is InChI=1S/C5H8Cl2FNO2/c6-4(7)5(11)9-3(1-8)2-10/h3-4,10H,1-2H2,(H,9,11). The third-order valence-electron chi connectivity index (χ3n) is 0.951. The largest absolute Gasteiger partial charge is 0.394 e. The van der Waals surface area contributed by atoms with Gasteiger partial charge in [0.2, 0.25) is 0 Å². The zero-order valence-electron chi connectivity index (χ0n) is 5.56. The van der Waals surface area contributed by atoms with Crippen molar-refractivity contribution in [1.82, 2.24) is 5.32 Å². The van der Waals surface area contributed by atoms with Crippen LogP contribution in [-0.4, -0.2) is 35.2 Å². The van der Waals surface area contributed by atoms with E-state index in [1.807, 2.05) is 0 Å². The van der Waals surface area contributed by atoms with E-state index < -0.39 is 30.1 Å². The first-order valence-electron chi connectivity index (χ1n) is 2.87. The Morgan fingerprint density at radius 2 is 2.18 bits per heavy atom. The topological polar surface area (TPSA) is 49.3 Å². The van der Waals surface area contributed by atoms with Crippen molar-refractivity contribution in [3.63, 3.8) is 0 Å². The van der Waals surface area contributed by atoms with Gasteiger partial charge in [0, 0.05) is 0 Å². The lowest BCUT2D eigenvalue weighted by Crippen LogP contribution is -2.41. The van der Waals surface area contributed by atoms with Crippen molar-refractivity contribution in [3.8, 4) is 0 Å². The normalized spacial score (nSPS) is 13.2. The number of amides is 1. The molecule has 11 heavy (non-hydrogen) atoms. The third kappa shape index (κ3) is 4.40. The average Bonchev–Trinajstić information content (AvgIpc) is 1.99. The lowest BCUT2D eigenvalue weighted by atomic mass is 10.3. The number of halogens is 3. The zero-order valence-corrected chi connectivity index (χ0v) is 7.07. The fourth-order valence-corrected chi connectivity index (χ4v) is 0.523. The summed E-state index contributed by atoms with van der Waals surface area (Å²) in [6.45, 7) is -1.31. The monoisotopic (exact) mass is 203 g/mol. The molecule has 1 amide bonds. The molecule has 0 saturated heterocycles. The summed E-state index contributed by atoms with van der Waals surface area (Å²) in [5.74, 6) is -0.704. The van der Waals surface area contributed by atoms with Crippen molar-refractivity contribution >= 4 is 29.1 Å². The highest BCUT2D eigenvalue weighted by Crippen LogP contribution is 2.01. The Balaban J connectivity index is 3.72. The number of aliphatic hydroxyl groups is 1. The number of alkyl halides is 3. The molecule has 0 aromatic rings. The van der Waals surface area contributed by atoms with Crippen LogP contribution in [0.5, 0.6) is 0 Å². The van der Waals surface area contributed by atoms with E-state index in [1.54, 1.807) is 0 Å². The van der Waals surface area contributed by atoms with E-state index in [0.29, 0.717) is 0 Å². The lowest BCUT2D eigenvalue weighted by molar-refractivity contribution is -0.120.